The van der Waals surface area contributed by atoms with Crippen molar-refractivity contribution in [3.63, 3.8) is 0 Å². The molecular weight excluding hydrogens is 194 g/mol. The lowest BCUT2D eigenvalue weighted by atomic mass is 9.96. The molecule has 3 rings (SSSR count). The Kier molecular flexibility index (Phi) is 1.66. The summed E-state index contributed by atoms with van der Waals surface area (Å²) in [6, 6.07) is 7.39. The molecule has 0 bridgehead atoms. The van der Waals surface area contributed by atoms with Crippen molar-refractivity contribution in [1.82, 2.24) is 11.0 Å². The predicted molar refractivity (Wildman–Crippen MR) is 53.0 cm³/mol. The van der Waals surface area contributed by atoms with Crippen molar-refractivity contribution in [2.75, 3.05) is 0 Å². The van der Waals surface area contributed by atoms with Crippen LogP contribution in [0.15, 0.2) is 50.7 Å². The first-order chi connectivity index (χ1) is 7.42. The van der Waals surface area contributed by atoms with Crippen LogP contribution < -0.4 is 11.0 Å². The van der Waals surface area contributed by atoms with Crippen molar-refractivity contribution in [2.45, 2.75) is 5.54 Å². The standard InChI is InChI=1S/C10H9N3O2/c1-3-8(14-5-1)10(7-11-13-12-10)9-4-2-6-15-9/h1-7,12-13H. The van der Waals surface area contributed by atoms with Crippen LogP contribution in [0.25, 0.3) is 0 Å². The van der Waals surface area contributed by atoms with Gasteiger partial charge in [0, 0.05) is 0 Å². The van der Waals surface area contributed by atoms with E-state index in [9.17, 15) is 0 Å². The second kappa shape index (κ2) is 2.99. The highest BCUT2D eigenvalue weighted by atomic mass is 16.3. The molecule has 0 unspecified atom stereocenters. The van der Waals surface area contributed by atoms with Crippen molar-refractivity contribution < 1.29 is 8.83 Å². The summed E-state index contributed by atoms with van der Waals surface area (Å²) >= 11 is 0. The molecule has 3 heterocycles. The molecule has 15 heavy (non-hydrogen) atoms. The van der Waals surface area contributed by atoms with Gasteiger partial charge in [0.25, 0.3) is 0 Å². The van der Waals surface area contributed by atoms with E-state index in [1.165, 1.54) is 0 Å². The van der Waals surface area contributed by atoms with Crippen LogP contribution in [-0.2, 0) is 5.54 Å². The number of hydrazine groups is 1. The Morgan fingerprint density at radius 2 is 1.73 bits per heavy atom. The monoisotopic (exact) mass is 203 g/mol. The Balaban J connectivity index is 2.15. The normalized spacial score (nSPS) is 17.9. The molecule has 0 fully saturated rings. The lowest BCUT2D eigenvalue weighted by Crippen LogP contribution is -2.44. The van der Waals surface area contributed by atoms with Crippen LogP contribution in [0.3, 0.4) is 0 Å². The zero-order valence-corrected chi connectivity index (χ0v) is 7.81. The molecule has 0 saturated carbocycles. The van der Waals surface area contributed by atoms with Gasteiger partial charge >= 0.3 is 0 Å². The smallest absolute Gasteiger partial charge is 0.190 e. The van der Waals surface area contributed by atoms with Crippen molar-refractivity contribution in [1.29, 1.82) is 0 Å². The zero-order valence-electron chi connectivity index (χ0n) is 7.81. The largest absolute Gasteiger partial charge is 0.466 e. The molecule has 5 nitrogen and oxygen atoms in total. The summed E-state index contributed by atoms with van der Waals surface area (Å²) in [6.07, 6.45) is 4.95. The minimum atomic E-state index is -0.646. The lowest BCUT2D eigenvalue weighted by Gasteiger charge is -2.20. The Morgan fingerprint density at radius 3 is 2.13 bits per heavy atom. The quantitative estimate of drug-likeness (QED) is 0.770. The van der Waals surface area contributed by atoms with E-state index in [1.807, 2.05) is 24.3 Å². The van der Waals surface area contributed by atoms with Crippen molar-refractivity contribution in [3.8, 4) is 0 Å². The van der Waals surface area contributed by atoms with Crippen LogP contribution in [-0.4, -0.2) is 6.21 Å². The van der Waals surface area contributed by atoms with Gasteiger partial charge < -0.3 is 8.83 Å². The van der Waals surface area contributed by atoms with E-state index in [0.717, 1.165) is 11.5 Å². The van der Waals surface area contributed by atoms with Crippen LogP contribution >= 0.6 is 0 Å². The van der Waals surface area contributed by atoms with E-state index in [0.29, 0.717) is 0 Å². The van der Waals surface area contributed by atoms with Gasteiger partial charge in [0.05, 0.1) is 18.7 Å². The van der Waals surface area contributed by atoms with E-state index in [4.69, 9.17) is 8.83 Å². The number of nitrogens with zero attached hydrogens (tertiary/aromatic N) is 1. The highest BCUT2D eigenvalue weighted by Gasteiger charge is 2.41. The van der Waals surface area contributed by atoms with E-state index in [2.05, 4.69) is 16.1 Å². The Bertz CT molecular complexity index is 425. The Hall–Kier alpha value is -2.01. The van der Waals surface area contributed by atoms with Gasteiger partial charge in [0.2, 0.25) is 0 Å². The average molecular weight is 203 g/mol. The Morgan fingerprint density at radius 1 is 1.07 bits per heavy atom. The van der Waals surface area contributed by atoms with Gasteiger partial charge in [0.1, 0.15) is 11.5 Å². The maximum absolute atomic E-state index is 5.39. The maximum Gasteiger partial charge on any atom is 0.190 e. The molecule has 0 radical (unpaired) electrons. The summed E-state index contributed by atoms with van der Waals surface area (Å²) in [6.45, 7) is 0. The van der Waals surface area contributed by atoms with Crippen molar-refractivity contribution in [3.05, 3.63) is 48.3 Å². The summed E-state index contributed by atoms with van der Waals surface area (Å²) in [5, 5.41) is 3.94. The van der Waals surface area contributed by atoms with E-state index in [1.54, 1.807) is 18.7 Å². The third kappa shape index (κ3) is 1.10. The molecular formula is C10H9N3O2. The number of rotatable bonds is 2. The van der Waals surface area contributed by atoms with E-state index >= 15 is 0 Å². The third-order valence-electron chi connectivity index (χ3n) is 2.40. The fourth-order valence-electron chi connectivity index (χ4n) is 1.66. The molecule has 2 aromatic heterocycles. The molecule has 1 aliphatic heterocycles. The SMILES string of the molecule is C1=NNNC1(c1ccco1)c1ccco1. The molecule has 0 aromatic carbocycles. The molecule has 76 valence electrons. The summed E-state index contributed by atoms with van der Waals surface area (Å²) in [5.74, 6) is 1.46. The van der Waals surface area contributed by atoms with Gasteiger partial charge in [-0.05, 0) is 24.3 Å². The van der Waals surface area contributed by atoms with Gasteiger partial charge in [-0.15, -0.1) is 0 Å². The second-order valence-corrected chi connectivity index (χ2v) is 3.26. The topological polar surface area (TPSA) is 62.7 Å². The van der Waals surface area contributed by atoms with Crippen LogP contribution in [0.5, 0.6) is 0 Å². The van der Waals surface area contributed by atoms with E-state index in [-0.39, 0.29) is 0 Å². The number of hydrogen-bond acceptors (Lipinski definition) is 5. The summed E-state index contributed by atoms with van der Waals surface area (Å²) in [7, 11) is 0. The number of hydrogen-bond donors (Lipinski definition) is 2. The van der Waals surface area contributed by atoms with Crippen molar-refractivity contribution >= 4 is 6.21 Å². The van der Waals surface area contributed by atoms with E-state index < -0.39 is 5.54 Å². The fraction of sp³-hybridized carbons (Fsp3) is 0.100. The molecule has 0 spiro atoms. The Labute approximate surface area is 85.7 Å². The molecule has 0 amide bonds. The van der Waals surface area contributed by atoms with Crippen molar-refractivity contribution in [2.24, 2.45) is 5.10 Å². The molecule has 2 aromatic rings. The first kappa shape index (κ1) is 8.31. The minimum Gasteiger partial charge on any atom is -0.466 e. The van der Waals surface area contributed by atoms with Crippen LogP contribution in [0.1, 0.15) is 11.5 Å². The van der Waals surface area contributed by atoms with Gasteiger partial charge in [-0.25, -0.2) is 5.53 Å². The molecule has 0 aliphatic carbocycles. The second-order valence-electron chi connectivity index (χ2n) is 3.26. The number of nitrogens with one attached hydrogen (secondary N) is 2. The minimum absolute atomic E-state index is 0.646. The van der Waals surface area contributed by atoms with Crippen LogP contribution in [0.2, 0.25) is 0 Å². The summed E-state index contributed by atoms with van der Waals surface area (Å²) in [5.41, 5.74) is 5.06. The van der Waals surface area contributed by atoms with Crippen LogP contribution in [0.4, 0.5) is 0 Å². The number of hydrazone groups is 1. The first-order valence-electron chi connectivity index (χ1n) is 4.56. The van der Waals surface area contributed by atoms with Gasteiger partial charge in [-0.1, -0.05) is 0 Å². The average Bonchev–Trinajstić information content (AvgIpc) is 3.02. The summed E-state index contributed by atoms with van der Waals surface area (Å²) in [4.78, 5) is 0. The summed E-state index contributed by atoms with van der Waals surface area (Å²) < 4.78 is 10.8. The maximum atomic E-state index is 5.39. The van der Waals surface area contributed by atoms with Gasteiger partial charge in [0.15, 0.2) is 5.54 Å². The van der Waals surface area contributed by atoms with Gasteiger partial charge in [-0.2, -0.15) is 10.5 Å². The molecule has 1 aliphatic rings. The first-order valence-corrected chi connectivity index (χ1v) is 4.56. The highest BCUT2D eigenvalue weighted by Crippen LogP contribution is 2.29. The number of furan rings is 2. The third-order valence-corrected chi connectivity index (χ3v) is 2.40. The molecule has 2 N–H and O–H groups in total. The zero-order chi connectivity index (χ0) is 10.1. The lowest BCUT2D eigenvalue weighted by molar-refractivity contribution is 0.336. The molecule has 0 saturated heterocycles. The fourth-order valence-corrected chi connectivity index (χ4v) is 1.66. The molecule has 5 heteroatoms. The van der Waals surface area contributed by atoms with Crippen LogP contribution in [0, 0.1) is 0 Å². The van der Waals surface area contributed by atoms with Gasteiger partial charge in [-0.3, -0.25) is 0 Å². The predicted octanol–water partition coefficient (Wildman–Crippen LogP) is 1.21. The molecule has 0 atom stereocenters. The highest BCUT2D eigenvalue weighted by molar-refractivity contribution is 5.77.